The van der Waals surface area contributed by atoms with Gasteiger partial charge in [0.15, 0.2) is 0 Å². The zero-order valence-electron chi connectivity index (χ0n) is 30.9. The Balaban J connectivity index is 1.03. The van der Waals surface area contributed by atoms with Gasteiger partial charge >= 0.3 is 0 Å². The molecule has 12 aromatic rings. The fourth-order valence-electron chi connectivity index (χ4n) is 9.20. The van der Waals surface area contributed by atoms with E-state index in [1.165, 1.54) is 59.7 Å². The van der Waals surface area contributed by atoms with Crippen LogP contribution in [0.1, 0.15) is 0 Å². The van der Waals surface area contributed by atoms with E-state index in [1.54, 1.807) is 0 Å². The fraction of sp³-hybridized carbons (Fsp3) is 0. The summed E-state index contributed by atoms with van der Waals surface area (Å²) in [5.41, 5.74) is 10.9. The number of nitrogens with zero attached hydrogens (tertiary/aromatic N) is 2. The minimum atomic E-state index is 0.870. The lowest BCUT2D eigenvalue weighted by atomic mass is 9.94. The number of hydrogen-bond acceptors (Lipinski definition) is 2. The number of para-hydroxylation sites is 3. The van der Waals surface area contributed by atoms with Crippen molar-refractivity contribution in [2.24, 2.45) is 0 Å². The van der Waals surface area contributed by atoms with Gasteiger partial charge in [-0.3, -0.25) is 0 Å². The number of benzene rings is 10. The van der Waals surface area contributed by atoms with Gasteiger partial charge in [0.25, 0.3) is 0 Å². The Hall–Kier alpha value is -7.62. The predicted octanol–water partition coefficient (Wildman–Crippen LogP) is 15.3. The summed E-state index contributed by atoms with van der Waals surface area (Å²) < 4.78 is 8.82. The number of fused-ring (bicyclic) bond motifs is 11. The van der Waals surface area contributed by atoms with Crippen molar-refractivity contribution < 1.29 is 4.42 Å². The highest BCUT2D eigenvalue weighted by molar-refractivity contribution is 6.24. The van der Waals surface area contributed by atoms with Crippen LogP contribution in [0.25, 0.3) is 92.9 Å². The fourth-order valence-corrected chi connectivity index (χ4v) is 9.20. The third-order valence-electron chi connectivity index (χ3n) is 11.8. The molecule has 0 saturated carbocycles. The zero-order chi connectivity index (χ0) is 37.5. The number of hydrogen-bond donors (Lipinski definition) is 0. The van der Waals surface area contributed by atoms with Crippen LogP contribution in [0, 0.1) is 0 Å². The largest absolute Gasteiger partial charge is 0.456 e. The maximum Gasteiger partial charge on any atom is 0.137 e. The van der Waals surface area contributed by atoms with Crippen LogP contribution in [0.4, 0.5) is 17.1 Å². The molecule has 0 atom stereocenters. The molecule has 0 radical (unpaired) electrons. The van der Waals surface area contributed by atoms with Crippen LogP contribution >= 0.6 is 0 Å². The molecular formula is C54H34N2O. The molecule has 0 bridgehead atoms. The molecule has 0 N–H and O–H groups in total. The number of aromatic nitrogens is 1. The second-order valence-corrected chi connectivity index (χ2v) is 14.9. The van der Waals surface area contributed by atoms with E-state index in [-0.39, 0.29) is 0 Å². The number of furan rings is 1. The lowest BCUT2D eigenvalue weighted by Crippen LogP contribution is -2.11. The SMILES string of the molecule is c1ccc2c(c1)ccc1cc(N(c3ccc(-c4ccc(-n5c6ccccc6c6ccccc65)cc4)cc3)c3cccc4oc5ccccc5c34)c3ccccc3c12. The summed E-state index contributed by atoms with van der Waals surface area (Å²) in [5, 5.41) is 12.1. The van der Waals surface area contributed by atoms with Gasteiger partial charge in [0.2, 0.25) is 0 Å². The van der Waals surface area contributed by atoms with Crippen molar-refractivity contribution >= 4 is 93.1 Å². The van der Waals surface area contributed by atoms with Crippen molar-refractivity contribution in [3.05, 3.63) is 206 Å². The van der Waals surface area contributed by atoms with Gasteiger partial charge in [-0.2, -0.15) is 0 Å². The third kappa shape index (κ3) is 4.86. The van der Waals surface area contributed by atoms with Crippen LogP contribution in [0.5, 0.6) is 0 Å². The third-order valence-corrected chi connectivity index (χ3v) is 11.8. The van der Waals surface area contributed by atoms with Crippen LogP contribution in [-0.4, -0.2) is 4.57 Å². The second-order valence-electron chi connectivity index (χ2n) is 14.9. The Kier molecular flexibility index (Phi) is 6.93. The molecule has 0 amide bonds. The van der Waals surface area contributed by atoms with Gasteiger partial charge in [-0.15, -0.1) is 0 Å². The first-order chi connectivity index (χ1) is 28.3. The van der Waals surface area contributed by atoms with E-state index >= 15 is 0 Å². The molecule has 0 unspecified atom stereocenters. The van der Waals surface area contributed by atoms with E-state index in [4.69, 9.17) is 4.42 Å². The Bertz CT molecular complexity index is 3460. The first kappa shape index (κ1) is 31.7. The van der Waals surface area contributed by atoms with Crippen LogP contribution in [0.2, 0.25) is 0 Å². The summed E-state index contributed by atoms with van der Waals surface area (Å²) in [7, 11) is 0. The first-order valence-electron chi connectivity index (χ1n) is 19.5. The Morgan fingerprint density at radius 3 is 1.65 bits per heavy atom. The highest BCUT2D eigenvalue weighted by Gasteiger charge is 2.22. The standard InChI is InChI=1S/C54H34N2O/c1-2-13-41-37(12-1)24-25-38-34-50(44-16-3-4-17-45(44)53(38)41)56(49-21-11-23-52-54(49)46-18-7-10-22-51(46)57-52)40-32-28-36(29-33-40)35-26-30-39(31-27-35)55-47-19-8-5-14-42(47)43-15-6-9-20-48(43)55/h1-34H. The van der Waals surface area contributed by atoms with Crippen molar-refractivity contribution in [1.29, 1.82) is 0 Å². The molecule has 0 spiro atoms. The molecule has 57 heavy (non-hydrogen) atoms. The molecule has 0 fully saturated rings. The quantitative estimate of drug-likeness (QED) is 0.165. The lowest BCUT2D eigenvalue weighted by molar-refractivity contribution is 0.669. The average molecular weight is 727 g/mol. The molecule has 3 heteroatoms. The van der Waals surface area contributed by atoms with Crippen LogP contribution < -0.4 is 4.90 Å². The molecule has 2 aromatic heterocycles. The van der Waals surface area contributed by atoms with E-state index in [0.717, 1.165) is 50.3 Å². The highest BCUT2D eigenvalue weighted by atomic mass is 16.3. The molecule has 2 heterocycles. The molecule has 3 nitrogen and oxygen atoms in total. The van der Waals surface area contributed by atoms with Crippen molar-refractivity contribution in [2.45, 2.75) is 0 Å². The van der Waals surface area contributed by atoms with Gasteiger partial charge in [0.1, 0.15) is 11.2 Å². The second kappa shape index (κ2) is 12.5. The van der Waals surface area contributed by atoms with Crippen LogP contribution in [0.3, 0.4) is 0 Å². The normalized spacial score (nSPS) is 11.9. The van der Waals surface area contributed by atoms with E-state index in [9.17, 15) is 0 Å². The van der Waals surface area contributed by atoms with E-state index in [2.05, 4.69) is 210 Å². The van der Waals surface area contributed by atoms with Gasteiger partial charge in [-0.05, 0) is 98.7 Å². The maximum atomic E-state index is 6.45. The molecule has 10 aromatic carbocycles. The van der Waals surface area contributed by atoms with E-state index in [1.807, 2.05) is 6.07 Å². The molecular weight excluding hydrogens is 693 g/mol. The maximum absolute atomic E-state index is 6.45. The number of anilines is 3. The summed E-state index contributed by atoms with van der Waals surface area (Å²) in [6.07, 6.45) is 0. The van der Waals surface area contributed by atoms with E-state index < -0.39 is 0 Å². The summed E-state index contributed by atoms with van der Waals surface area (Å²) in [4.78, 5) is 2.43. The molecule has 0 aliphatic heterocycles. The summed E-state index contributed by atoms with van der Waals surface area (Å²) in [6, 6.07) is 74.5. The van der Waals surface area contributed by atoms with Gasteiger partial charge in [0.05, 0.1) is 27.8 Å². The first-order valence-corrected chi connectivity index (χ1v) is 19.5. The molecule has 12 rings (SSSR count). The Morgan fingerprint density at radius 2 is 0.912 bits per heavy atom. The topological polar surface area (TPSA) is 21.3 Å². The zero-order valence-corrected chi connectivity index (χ0v) is 30.9. The molecule has 0 aliphatic rings. The molecule has 0 aliphatic carbocycles. The monoisotopic (exact) mass is 726 g/mol. The van der Waals surface area contributed by atoms with Crippen molar-refractivity contribution in [3.8, 4) is 16.8 Å². The Labute approximate surface area is 328 Å². The average Bonchev–Trinajstić information content (AvgIpc) is 3.83. The van der Waals surface area contributed by atoms with E-state index in [0.29, 0.717) is 0 Å². The van der Waals surface area contributed by atoms with Gasteiger partial charge in [0, 0.05) is 32.9 Å². The van der Waals surface area contributed by atoms with Gasteiger partial charge in [-0.1, -0.05) is 146 Å². The summed E-state index contributed by atoms with van der Waals surface area (Å²) >= 11 is 0. The predicted molar refractivity (Wildman–Crippen MR) is 241 cm³/mol. The minimum absolute atomic E-state index is 0.870. The molecule has 266 valence electrons. The number of rotatable bonds is 5. The smallest absolute Gasteiger partial charge is 0.137 e. The Morgan fingerprint density at radius 1 is 0.351 bits per heavy atom. The van der Waals surface area contributed by atoms with Crippen molar-refractivity contribution in [2.75, 3.05) is 4.90 Å². The van der Waals surface area contributed by atoms with Crippen molar-refractivity contribution in [3.63, 3.8) is 0 Å². The van der Waals surface area contributed by atoms with Gasteiger partial charge in [-0.25, -0.2) is 0 Å². The summed E-state index contributed by atoms with van der Waals surface area (Å²) in [6.45, 7) is 0. The molecule has 0 saturated heterocycles. The van der Waals surface area contributed by atoms with Crippen molar-refractivity contribution in [1.82, 2.24) is 4.57 Å². The highest BCUT2D eigenvalue weighted by Crippen LogP contribution is 2.47. The van der Waals surface area contributed by atoms with Gasteiger partial charge < -0.3 is 13.9 Å². The van der Waals surface area contributed by atoms with Crippen LogP contribution in [0.15, 0.2) is 211 Å². The minimum Gasteiger partial charge on any atom is -0.456 e. The van der Waals surface area contributed by atoms with Crippen LogP contribution in [-0.2, 0) is 0 Å². The lowest BCUT2D eigenvalue weighted by Gasteiger charge is -2.28. The summed E-state index contributed by atoms with van der Waals surface area (Å²) in [5.74, 6) is 0.